The van der Waals surface area contributed by atoms with Crippen LogP contribution in [0.4, 0.5) is 11.9 Å². The summed E-state index contributed by atoms with van der Waals surface area (Å²) in [6, 6.07) is 0.413. The number of aromatic nitrogens is 3. The number of hydrogen-bond donors (Lipinski definition) is 1. The summed E-state index contributed by atoms with van der Waals surface area (Å²) in [5, 5.41) is 4.30. The van der Waals surface area contributed by atoms with E-state index in [1.165, 1.54) is 12.8 Å². The Kier molecular flexibility index (Phi) is 5.03. The van der Waals surface area contributed by atoms with Crippen LogP contribution in [0.3, 0.4) is 0 Å². The predicted octanol–water partition coefficient (Wildman–Crippen LogP) is 2.06. The molecule has 8 heteroatoms. The Morgan fingerprint density at radius 1 is 1.24 bits per heavy atom. The molecule has 0 radical (unpaired) electrons. The molecule has 1 aliphatic heterocycles. The highest BCUT2D eigenvalue weighted by Crippen LogP contribution is 2.30. The Bertz CT molecular complexity index is 486. The van der Waals surface area contributed by atoms with Gasteiger partial charge in [-0.15, -0.1) is 0 Å². The van der Waals surface area contributed by atoms with Crippen LogP contribution >= 0.6 is 23.4 Å². The minimum absolute atomic E-state index is 0.243. The zero-order chi connectivity index (χ0) is 14.7. The fraction of sp³-hybridized carbons (Fsp3) is 0.769. The van der Waals surface area contributed by atoms with Crippen molar-refractivity contribution < 1.29 is 4.74 Å². The summed E-state index contributed by atoms with van der Waals surface area (Å²) in [4.78, 5) is 15.1. The number of thioether (sulfide) groups is 1. The van der Waals surface area contributed by atoms with Crippen molar-refractivity contribution >= 4 is 35.3 Å². The summed E-state index contributed by atoms with van der Waals surface area (Å²) in [7, 11) is 0. The fourth-order valence-corrected chi connectivity index (χ4v) is 3.94. The molecule has 0 bridgehead atoms. The molecule has 1 aliphatic carbocycles. The summed E-state index contributed by atoms with van der Waals surface area (Å²) < 4.78 is 5.35. The highest BCUT2D eigenvalue weighted by atomic mass is 35.5. The lowest BCUT2D eigenvalue weighted by molar-refractivity contribution is 0.122. The Hall–Kier alpha value is -0.790. The summed E-state index contributed by atoms with van der Waals surface area (Å²) in [5.41, 5.74) is 0. The van der Waals surface area contributed by atoms with Gasteiger partial charge in [-0.05, 0) is 30.7 Å². The van der Waals surface area contributed by atoms with Crippen molar-refractivity contribution in [3.05, 3.63) is 5.28 Å². The molecule has 0 amide bonds. The van der Waals surface area contributed by atoms with Gasteiger partial charge in [0.25, 0.3) is 0 Å². The summed E-state index contributed by atoms with van der Waals surface area (Å²) in [5.74, 6) is 1.22. The van der Waals surface area contributed by atoms with Gasteiger partial charge in [-0.3, -0.25) is 0 Å². The highest BCUT2D eigenvalue weighted by molar-refractivity contribution is 7.99. The first kappa shape index (κ1) is 15.1. The number of nitrogens with one attached hydrogen (secondary N) is 1. The maximum atomic E-state index is 6.06. The highest BCUT2D eigenvalue weighted by Gasteiger charge is 2.27. The van der Waals surface area contributed by atoms with Crippen LogP contribution < -0.4 is 10.2 Å². The molecule has 2 fully saturated rings. The third kappa shape index (κ3) is 3.70. The van der Waals surface area contributed by atoms with Gasteiger partial charge >= 0.3 is 0 Å². The molecule has 2 heterocycles. The van der Waals surface area contributed by atoms with Crippen LogP contribution in [0.25, 0.3) is 0 Å². The van der Waals surface area contributed by atoms with Gasteiger partial charge in [-0.1, -0.05) is 6.42 Å². The second-order valence-corrected chi connectivity index (χ2v) is 6.70. The molecule has 6 nitrogen and oxygen atoms in total. The van der Waals surface area contributed by atoms with E-state index < -0.39 is 0 Å². The van der Waals surface area contributed by atoms with E-state index >= 15 is 0 Å². The van der Waals surface area contributed by atoms with Crippen LogP contribution in [-0.4, -0.2) is 58.8 Å². The molecule has 1 saturated carbocycles. The molecular formula is C13H20ClN5OS. The smallest absolute Gasteiger partial charge is 0.231 e. The molecule has 0 spiro atoms. The van der Waals surface area contributed by atoms with Crippen LogP contribution in [-0.2, 0) is 4.74 Å². The Morgan fingerprint density at radius 2 is 2.05 bits per heavy atom. The van der Waals surface area contributed by atoms with Crippen LogP contribution in [0.15, 0.2) is 0 Å². The van der Waals surface area contributed by atoms with E-state index in [1.807, 2.05) is 11.8 Å². The quantitative estimate of drug-likeness (QED) is 0.907. The molecule has 2 unspecified atom stereocenters. The first-order chi connectivity index (χ1) is 10.3. The van der Waals surface area contributed by atoms with Crippen molar-refractivity contribution in [1.29, 1.82) is 0 Å². The molecule has 21 heavy (non-hydrogen) atoms. The number of halogens is 1. The molecule has 3 rings (SSSR count). The molecule has 0 aromatic carbocycles. The average Bonchev–Trinajstić information content (AvgIpc) is 2.95. The van der Waals surface area contributed by atoms with Gasteiger partial charge < -0.3 is 15.0 Å². The van der Waals surface area contributed by atoms with E-state index in [-0.39, 0.29) is 5.28 Å². The van der Waals surface area contributed by atoms with Crippen LogP contribution in [0, 0.1) is 0 Å². The number of rotatable bonds is 4. The van der Waals surface area contributed by atoms with E-state index in [4.69, 9.17) is 16.3 Å². The monoisotopic (exact) mass is 329 g/mol. The topological polar surface area (TPSA) is 63.2 Å². The Morgan fingerprint density at radius 3 is 2.81 bits per heavy atom. The average molecular weight is 330 g/mol. The van der Waals surface area contributed by atoms with Crippen molar-refractivity contribution in [3.63, 3.8) is 0 Å². The largest absolute Gasteiger partial charge is 0.378 e. The van der Waals surface area contributed by atoms with Crippen molar-refractivity contribution in [2.45, 2.75) is 30.6 Å². The standard InChI is InChI=1S/C13H20ClN5OS/c1-21-10-4-2-3-9(10)15-12-16-11(14)17-13(18-12)19-5-7-20-8-6-19/h9-10H,2-8H2,1H3,(H,15,16,17,18). The molecule has 1 aromatic rings. The Balaban J connectivity index is 1.74. The van der Waals surface area contributed by atoms with Crippen LogP contribution in [0.1, 0.15) is 19.3 Å². The second kappa shape index (κ2) is 6.98. The zero-order valence-electron chi connectivity index (χ0n) is 12.1. The van der Waals surface area contributed by atoms with E-state index in [2.05, 4.69) is 31.4 Å². The normalized spacial score (nSPS) is 26.1. The van der Waals surface area contributed by atoms with Gasteiger partial charge in [0.1, 0.15) is 0 Å². The zero-order valence-corrected chi connectivity index (χ0v) is 13.7. The minimum atomic E-state index is 0.243. The molecule has 116 valence electrons. The summed E-state index contributed by atoms with van der Waals surface area (Å²) in [6.45, 7) is 2.97. The van der Waals surface area contributed by atoms with Gasteiger partial charge in [-0.25, -0.2) is 0 Å². The summed E-state index contributed by atoms with van der Waals surface area (Å²) in [6.07, 6.45) is 5.80. The maximum absolute atomic E-state index is 6.06. The van der Waals surface area contributed by atoms with Crippen molar-refractivity contribution in [2.75, 3.05) is 42.8 Å². The van der Waals surface area contributed by atoms with Gasteiger partial charge in [0, 0.05) is 24.4 Å². The first-order valence-corrected chi connectivity index (χ1v) is 8.96. The van der Waals surface area contributed by atoms with Gasteiger partial charge in [0.05, 0.1) is 13.2 Å². The first-order valence-electron chi connectivity index (χ1n) is 7.30. The number of anilines is 2. The Labute approximate surface area is 134 Å². The van der Waals surface area contributed by atoms with E-state index in [0.717, 1.165) is 19.5 Å². The number of hydrogen-bond acceptors (Lipinski definition) is 7. The fourth-order valence-electron chi connectivity index (χ4n) is 2.85. The lowest BCUT2D eigenvalue weighted by Gasteiger charge is -2.27. The summed E-state index contributed by atoms with van der Waals surface area (Å²) >= 11 is 7.96. The van der Waals surface area contributed by atoms with Crippen molar-refractivity contribution in [2.24, 2.45) is 0 Å². The SMILES string of the molecule is CSC1CCCC1Nc1nc(Cl)nc(N2CCOCC2)n1. The number of nitrogens with zero attached hydrogens (tertiary/aromatic N) is 4. The molecule has 2 aliphatic rings. The van der Waals surface area contributed by atoms with Gasteiger partial charge in [0.15, 0.2) is 0 Å². The second-order valence-electron chi connectivity index (χ2n) is 5.28. The third-order valence-corrected chi connectivity index (χ3v) is 5.30. The van der Waals surface area contributed by atoms with Crippen molar-refractivity contribution in [1.82, 2.24) is 15.0 Å². The van der Waals surface area contributed by atoms with E-state index in [9.17, 15) is 0 Å². The van der Waals surface area contributed by atoms with Crippen molar-refractivity contribution in [3.8, 4) is 0 Å². The van der Waals surface area contributed by atoms with Gasteiger partial charge in [0.2, 0.25) is 17.2 Å². The molecular weight excluding hydrogens is 310 g/mol. The lowest BCUT2D eigenvalue weighted by atomic mass is 10.2. The van der Waals surface area contributed by atoms with Crippen LogP contribution in [0.2, 0.25) is 5.28 Å². The predicted molar refractivity (Wildman–Crippen MR) is 86.4 cm³/mol. The lowest BCUT2D eigenvalue weighted by Crippen LogP contribution is -2.37. The van der Waals surface area contributed by atoms with E-state index in [1.54, 1.807) is 0 Å². The number of morpholine rings is 1. The van der Waals surface area contributed by atoms with E-state index in [0.29, 0.717) is 36.4 Å². The molecule has 2 atom stereocenters. The maximum Gasteiger partial charge on any atom is 0.231 e. The number of ether oxygens (including phenoxy) is 1. The van der Waals surface area contributed by atoms with Crippen LogP contribution in [0.5, 0.6) is 0 Å². The third-order valence-electron chi connectivity index (χ3n) is 3.96. The molecule has 1 saturated heterocycles. The molecule has 1 aromatic heterocycles. The molecule has 1 N–H and O–H groups in total. The van der Waals surface area contributed by atoms with Gasteiger partial charge in [-0.2, -0.15) is 26.7 Å². The minimum Gasteiger partial charge on any atom is -0.378 e.